The number of carboxylic acid groups (broad SMARTS) is 1. The van der Waals surface area contributed by atoms with Gasteiger partial charge in [0.2, 0.25) is 0 Å². The number of aromatic nitrogens is 2. The smallest absolute Gasteiger partial charge is 0.394 e. The number of rotatable bonds is 3. The molecule has 0 saturated heterocycles. The van der Waals surface area contributed by atoms with E-state index in [-0.39, 0.29) is 0 Å². The fraction of sp³-hybridized carbons (Fsp3) is 0.308. The van der Waals surface area contributed by atoms with Crippen molar-refractivity contribution in [2.24, 2.45) is 0 Å². The summed E-state index contributed by atoms with van der Waals surface area (Å²) in [4.78, 5) is 30.4. The van der Waals surface area contributed by atoms with Crippen molar-refractivity contribution < 1.29 is 14.7 Å². The number of likely N-dealkylation sites (N-methyl/N-ethyl adjacent to an activating group) is 1. The molecule has 0 aliphatic rings. The van der Waals surface area contributed by atoms with Crippen molar-refractivity contribution in [1.29, 1.82) is 0 Å². The molecule has 2 N–H and O–H groups in total. The number of imidazole rings is 1. The van der Waals surface area contributed by atoms with Crippen LogP contribution >= 0.6 is 0 Å². The van der Waals surface area contributed by atoms with Crippen molar-refractivity contribution in [3.05, 3.63) is 29.6 Å². The zero-order valence-corrected chi connectivity index (χ0v) is 10.8. The maximum atomic E-state index is 11.2. The molecule has 6 nitrogen and oxygen atoms in total. The van der Waals surface area contributed by atoms with Crippen molar-refractivity contribution in [1.82, 2.24) is 14.9 Å². The van der Waals surface area contributed by atoms with Gasteiger partial charge in [-0.25, -0.2) is 9.78 Å². The highest BCUT2D eigenvalue weighted by Crippen LogP contribution is 2.14. The molecule has 0 aliphatic carbocycles. The number of fused-ring (bicyclic) bond motifs is 1. The Morgan fingerprint density at radius 2 is 2.16 bits per heavy atom. The second kappa shape index (κ2) is 5.09. The van der Waals surface area contributed by atoms with Crippen LogP contribution in [0.15, 0.2) is 18.2 Å². The van der Waals surface area contributed by atoms with Crippen LogP contribution in [-0.4, -0.2) is 45.4 Å². The zero-order valence-electron chi connectivity index (χ0n) is 10.8. The number of H-pyrrole nitrogens is 1. The average molecular weight is 261 g/mol. The Morgan fingerprint density at radius 3 is 2.84 bits per heavy atom. The highest BCUT2D eigenvalue weighted by atomic mass is 16.4. The highest BCUT2D eigenvalue weighted by molar-refractivity contribution is 6.31. The molecule has 2 aromatic rings. The molecule has 0 spiro atoms. The topological polar surface area (TPSA) is 86.3 Å². The van der Waals surface area contributed by atoms with Gasteiger partial charge in [0.15, 0.2) is 0 Å². The summed E-state index contributed by atoms with van der Waals surface area (Å²) < 4.78 is 0. The Morgan fingerprint density at radius 1 is 1.42 bits per heavy atom. The first-order chi connectivity index (χ1) is 8.97. The molecular formula is C13H15N3O3. The van der Waals surface area contributed by atoms with Gasteiger partial charge < -0.3 is 15.0 Å². The van der Waals surface area contributed by atoms with Crippen LogP contribution in [0.4, 0.5) is 0 Å². The number of carboxylic acids is 1. The summed E-state index contributed by atoms with van der Waals surface area (Å²) in [6.45, 7) is 2.25. The Balaban J connectivity index is 2.05. The number of benzene rings is 1. The van der Waals surface area contributed by atoms with E-state index in [9.17, 15) is 9.59 Å². The fourth-order valence-corrected chi connectivity index (χ4v) is 1.90. The van der Waals surface area contributed by atoms with E-state index in [4.69, 9.17) is 5.11 Å². The Kier molecular flexibility index (Phi) is 3.50. The molecule has 100 valence electrons. The molecule has 0 radical (unpaired) electrons. The minimum Gasteiger partial charge on any atom is -0.474 e. The first-order valence-electron chi connectivity index (χ1n) is 5.91. The van der Waals surface area contributed by atoms with E-state index < -0.39 is 11.9 Å². The van der Waals surface area contributed by atoms with Crippen LogP contribution in [-0.2, 0) is 16.0 Å². The van der Waals surface area contributed by atoms with Crippen molar-refractivity contribution in [3.8, 4) is 0 Å². The van der Waals surface area contributed by atoms with Gasteiger partial charge in [-0.2, -0.15) is 0 Å². The van der Waals surface area contributed by atoms with Crippen LogP contribution in [0.3, 0.4) is 0 Å². The number of amides is 1. The van der Waals surface area contributed by atoms with Crippen molar-refractivity contribution >= 4 is 22.9 Å². The van der Waals surface area contributed by atoms with Gasteiger partial charge in [-0.3, -0.25) is 4.79 Å². The molecule has 0 fully saturated rings. The molecule has 19 heavy (non-hydrogen) atoms. The van der Waals surface area contributed by atoms with Gasteiger partial charge >= 0.3 is 11.9 Å². The first kappa shape index (κ1) is 13.1. The standard InChI is InChI=1S/C13H15N3O3/c1-8-14-10-4-3-9(7-11(10)15-8)5-6-16(2)12(17)13(18)19/h3-4,7H,5-6H2,1-2H3,(H,14,15)(H,18,19). The summed E-state index contributed by atoms with van der Waals surface area (Å²) in [5.41, 5.74) is 2.87. The summed E-state index contributed by atoms with van der Waals surface area (Å²) >= 11 is 0. The number of hydrogen-bond donors (Lipinski definition) is 2. The number of aryl methyl sites for hydroxylation is 1. The first-order valence-corrected chi connectivity index (χ1v) is 5.91. The van der Waals surface area contributed by atoms with Crippen LogP contribution in [0, 0.1) is 6.92 Å². The van der Waals surface area contributed by atoms with E-state index in [1.54, 1.807) is 0 Å². The number of nitrogens with one attached hydrogen (secondary N) is 1. The highest BCUT2D eigenvalue weighted by Gasteiger charge is 2.16. The van der Waals surface area contributed by atoms with Gasteiger partial charge in [0, 0.05) is 13.6 Å². The second-order valence-electron chi connectivity index (χ2n) is 4.46. The average Bonchev–Trinajstić information content (AvgIpc) is 2.74. The van der Waals surface area contributed by atoms with Gasteiger partial charge in [0.05, 0.1) is 11.0 Å². The Hall–Kier alpha value is -2.37. The van der Waals surface area contributed by atoms with Crippen LogP contribution in [0.25, 0.3) is 11.0 Å². The lowest BCUT2D eigenvalue weighted by atomic mass is 10.1. The largest absolute Gasteiger partial charge is 0.474 e. The number of nitrogens with zero attached hydrogens (tertiary/aromatic N) is 2. The van der Waals surface area contributed by atoms with Crippen molar-refractivity contribution in [2.45, 2.75) is 13.3 Å². The van der Waals surface area contributed by atoms with Gasteiger partial charge in [-0.15, -0.1) is 0 Å². The molecule has 0 saturated carbocycles. The van der Waals surface area contributed by atoms with Gasteiger partial charge in [0.1, 0.15) is 5.82 Å². The zero-order chi connectivity index (χ0) is 14.0. The van der Waals surface area contributed by atoms with Crippen molar-refractivity contribution in [3.63, 3.8) is 0 Å². The number of aliphatic carboxylic acids is 1. The summed E-state index contributed by atoms with van der Waals surface area (Å²) in [7, 11) is 1.48. The summed E-state index contributed by atoms with van der Waals surface area (Å²) in [6.07, 6.45) is 0.601. The van der Waals surface area contributed by atoms with E-state index in [0.29, 0.717) is 13.0 Å². The SMILES string of the molecule is Cc1nc2ccc(CCN(C)C(=O)C(=O)O)cc2[nH]1. The molecule has 2 rings (SSSR count). The Bertz CT molecular complexity index is 633. The molecule has 0 aliphatic heterocycles. The molecular weight excluding hydrogens is 246 g/mol. The monoisotopic (exact) mass is 261 g/mol. The van der Waals surface area contributed by atoms with Crippen molar-refractivity contribution in [2.75, 3.05) is 13.6 Å². The van der Waals surface area contributed by atoms with E-state index in [1.807, 2.05) is 25.1 Å². The number of hydrogen-bond acceptors (Lipinski definition) is 3. The van der Waals surface area contributed by atoms with Gasteiger partial charge in [0.25, 0.3) is 0 Å². The van der Waals surface area contributed by atoms with Crippen LogP contribution in [0.2, 0.25) is 0 Å². The molecule has 0 unspecified atom stereocenters. The predicted octanol–water partition coefficient (Wildman–Crippen LogP) is 0.957. The summed E-state index contributed by atoms with van der Waals surface area (Å²) in [6, 6.07) is 5.81. The fourth-order valence-electron chi connectivity index (χ4n) is 1.90. The molecule has 0 bridgehead atoms. The molecule has 1 amide bonds. The van der Waals surface area contributed by atoms with Crippen LogP contribution in [0.1, 0.15) is 11.4 Å². The molecule has 6 heteroatoms. The van der Waals surface area contributed by atoms with E-state index in [2.05, 4.69) is 9.97 Å². The minimum absolute atomic E-state index is 0.365. The summed E-state index contributed by atoms with van der Waals surface area (Å²) in [5.74, 6) is -1.47. The summed E-state index contributed by atoms with van der Waals surface area (Å²) in [5, 5.41) is 8.59. The van der Waals surface area contributed by atoms with Crippen LogP contribution in [0.5, 0.6) is 0 Å². The van der Waals surface area contributed by atoms with Crippen LogP contribution < -0.4 is 0 Å². The maximum absolute atomic E-state index is 11.2. The molecule has 0 atom stereocenters. The molecule has 1 aromatic heterocycles. The third-order valence-electron chi connectivity index (χ3n) is 2.93. The van der Waals surface area contributed by atoms with Gasteiger partial charge in [-0.05, 0) is 31.0 Å². The quantitative estimate of drug-likeness (QED) is 0.806. The lowest BCUT2D eigenvalue weighted by Crippen LogP contribution is -2.34. The normalized spacial score (nSPS) is 10.6. The number of carbonyl (C=O) groups excluding carboxylic acids is 1. The van der Waals surface area contributed by atoms with E-state index >= 15 is 0 Å². The predicted molar refractivity (Wildman–Crippen MR) is 69.8 cm³/mol. The second-order valence-corrected chi connectivity index (χ2v) is 4.46. The molecule has 1 aromatic carbocycles. The van der Waals surface area contributed by atoms with Gasteiger partial charge in [-0.1, -0.05) is 6.07 Å². The third kappa shape index (κ3) is 2.90. The number of aromatic amines is 1. The number of carbonyl (C=O) groups is 2. The lowest BCUT2D eigenvalue weighted by molar-refractivity contribution is -0.155. The third-order valence-corrected chi connectivity index (χ3v) is 2.93. The minimum atomic E-state index is -1.43. The maximum Gasteiger partial charge on any atom is 0.394 e. The Labute approximate surface area is 110 Å². The lowest BCUT2D eigenvalue weighted by Gasteiger charge is -2.14. The van der Waals surface area contributed by atoms with E-state index in [0.717, 1.165) is 22.4 Å². The molecule has 1 heterocycles. The van der Waals surface area contributed by atoms with E-state index in [1.165, 1.54) is 11.9 Å².